The van der Waals surface area contributed by atoms with Crippen LogP contribution in [0.25, 0.3) is 16.9 Å². The van der Waals surface area contributed by atoms with Gasteiger partial charge in [0.15, 0.2) is 5.78 Å². The van der Waals surface area contributed by atoms with Crippen molar-refractivity contribution < 1.29 is 4.79 Å². The Labute approximate surface area is 162 Å². The smallest absolute Gasteiger partial charge is 0.193 e. The lowest BCUT2D eigenvalue weighted by Crippen LogP contribution is -2.03. The zero-order chi connectivity index (χ0) is 18.8. The van der Waals surface area contributed by atoms with Gasteiger partial charge in [-0.3, -0.25) is 4.79 Å². The average molecular weight is 374 g/mol. The normalized spacial score (nSPS) is 10.7. The zero-order valence-electron chi connectivity index (χ0n) is 14.6. The van der Waals surface area contributed by atoms with Crippen molar-refractivity contribution in [1.82, 2.24) is 15.0 Å². The first-order valence-corrected chi connectivity index (χ1v) is 8.89. The lowest BCUT2D eigenvalue weighted by atomic mass is 9.97. The summed E-state index contributed by atoms with van der Waals surface area (Å²) in [5, 5.41) is 9.09. The molecule has 0 bridgehead atoms. The Bertz CT molecular complexity index is 1100. The van der Waals surface area contributed by atoms with Crippen molar-refractivity contribution in [3.63, 3.8) is 0 Å². The Kier molecular flexibility index (Phi) is 4.57. The van der Waals surface area contributed by atoms with Crippen molar-refractivity contribution in [2.45, 2.75) is 6.92 Å². The number of nitrogens with zero attached hydrogens (tertiary/aromatic N) is 3. The molecule has 4 rings (SSSR count). The van der Waals surface area contributed by atoms with E-state index in [1.165, 1.54) is 5.56 Å². The minimum absolute atomic E-state index is 0.0767. The van der Waals surface area contributed by atoms with Crippen molar-refractivity contribution in [2.24, 2.45) is 0 Å². The molecule has 0 radical (unpaired) electrons. The summed E-state index contributed by atoms with van der Waals surface area (Å²) >= 11 is 5.93. The summed E-state index contributed by atoms with van der Waals surface area (Å²) in [7, 11) is 0. The minimum atomic E-state index is -0.0767. The molecule has 0 amide bonds. The number of aryl methyl sites for hydroxylation is 1. The number of hydrogen-bond donors (Lipinski definition) is 0. The third-order valence-corrected chi connectivity index (χ3v) is 4.60. The highest BCUT2D eigenvalue weighted by Crippen LogP contribution is 2.25. The molecule has 0 atom stereocenters. The molecule has 0 saturated carbocycles. The molecule has 0 unspecified atom stereocenters. The highest BCUT2D eigenvalue weighted by Gasteiger charge is 2.16. The first-order valence-electron chi connectivity index (χ1n) is 8.51. The quantitative estimate of drug-likeness (QED) is 0.466. The molecule has 0 fully saturated rings. The molecule has 27 heavy (non-hydrogen) atoms. The predicted molar refractivity (Wildman–Crippen MR) is 106 cm³/mol. The summed E-state index contributed by atoms with van der Waals surface area (Å²) < 4.78 is 1.71. The molecule has 3 aromatic carbocycles. The maximum Gasteiger partial charge on any atom is 0.193 e. The number of aromatic nitrogens is 3. The molecule has 1 aromatic heterocycles. The maximum absolute atomic E-state index is 13.0. The van der Waals surface area contributed by atoms with Gasteiger partial charge in [-0.05, 0) is 43.3 Å². The number of ketones is 1. The molecule has 1 heterocycles. The van der Waals surface area contributed by atoms with Crippen molar-refractivity contribution in [3.05, 3.63) is 101 Å². The van der Waals surface area contributed by atoms with E-state index in [1.54, 1.807) is 35.0 Å². The van der Waals surface area contributed by atoms with Crippen LogP contribution in [0.3, 0.4) is 0 Å². The Morgan fingerprint density at radius 3 is 2.37 bits per heavy atom. The second-order valence-corrected chi connectivity index (χ2v) is 6.70. The second kappa shape index (κ2) is 7.17. The van der Waals surface area contributed by atoms with E-state index >= 15 is 0 Å². The Balaban J connectivity index is 1.72. The molecule has 0 N–H and O–H groups in total. The van der Waals surface area contributed by atoms with E-state index in [2.05, 4.69) is 10.3 Å². The van der Waals surface area contributed by atoms with E-state index in [4.69, 9.17) is 11.6 Å². The summed E-state index contributed by atoms with van der Waals surface area (Å²) in [6.45, 7) is 2.04. The van der Waals surface area contributed by atoms with Crippen LogP contribution in [-0.2, 0) is 0 Å². The molecule has 0 aliphatic heterocycles. The number of halogens is 1. The molecule has 4 nitrogen and oxygen atoms in total. The van der Waals surface area contributed by atoms with Crippen LogP contribution in [-0.4, -0.2) is 20.8 Å². The topological polar surface area (TPSA) is 47.8 Å². The van der Waals surface area contributed by atoms with Crippen LogP contribution in [0.4, 0.5) is 0 Å². The summed E-state index contributed by atoms with van der Waals surface area (Å²) in [6, 6.07) is 22.3. The van der Waals surface area contributed by atoms with Crippen LogP contribution >= 0.6 is 11.6 Å². The van der Waals surface area contributed by atoms with E-state index in [1.807, 2.05) is 55.6 Å². The molecular weight excluding hydrogens is 358 g/mol. The lowest BCUT2D eigenvalue weighted by molar-refractivity contribution is 0.103. The fourth-order valence-electron chi connectivity index (χ4n) is 2.87. The molecular formula is C22H16ClN3O. The first-order chi connectivity index (χ1) is 13.1. The number of rotatable bonds is 4. The van der Waals surface area contributed by atoms with E-state index in [0.717, 1.165) is 11.3 Å². The third kappa shape index (κ3) is 3.52. The molecule has 0 aliphatic carbocycles. The van der Waals surface area contributed by atoms with E-state index in [9.17, 15) is 4.79 Å². The standard InChI is InChI=1S/C22H16ClN3O/c1-15-6-12-18(13-7-15)26-14-21(24-25-26)19-4-2-3-5-20(19)22(27)16-8-10-17(23)11-9-16/h2-14H,1H3. The fraction of sp³-hybridized carbons (Fsp3) is 0.0455. The van der Waals surface area contributed by atoms with E-state index in [0.29, 0.717) is 21.8 Å². The van der Waals surface area contributed by atoms with Gasteiger partial charge in [-0.15, -0.1) is 5.10 Å². The largest absolute Gasteiger partial charge is 0.289 e. The average Bonchev–Trinajstić information content (AvgIpc) is 3.19. The monoisotopic (exact) mass is 373 g/mol. The van der Waals surface area contributed by atoms with Crippen LogP contribution in [0.15, 0.2) is 79.0 Å². The molecule has 132 valence electrons. The first kappa shape index (κ1) is 17.2. The third-order valence-electron chi connectivity index (χ3n) is 4.35. The summed E-state index contributed by atoms with van der Waals surface area (Å²) in [5.74, 6) is -0.0767. The summed E-state index contributed by atoms with van der Waals surface area (Å²) in [4.78, 5) is 13.0. The number of benzene rings is 3. The van der Waals surface area contributed by atoms with Crippen LogP contribution < -0.4 is 0 Å². The van der Waals surface area contributed by atoms with Crippen molar-refractivity contribution >= 4 is 17.4 Å². The van der Waals surface area contributed by atoms with Crippen molar-refractivity contribution in [2.75, 3.05) is 0 Å². The van der Waals surface area contributed by atoms with Gasteiger partial charge >= 0.3 is 0 Å². The second-order valence-electron chi connectivity index (χ2n) is 6.27. The Morgan fingerprint density at radius 1 is 0.926 bits per heavy atom. The number of hydrogen-bond acceptors (Lipinski definition) is 3. The van der Waals surface area contributed by atoms with E-state index in [-0.39, 0.29) is 5.78 Å². The maximum atomic E-state index is 13.0. The van der Waals surface area contributed by atoms with Gasteiger partial charge in [-0.1, -0.05) is 58.8 Å². The molecule has 5 heteroatoms. The lowest BCUT2D eigenvalue weighted by Gasteiger charge is -2.06. The van der Waals surface area contributed by atoms with Crippen LogP contribution in [0.5, 0.6) is 0 Å². The zero-order valence-corrected chi connectivity index (χ0v) is 15.4. The predicted octanol–water partition coefficient (Wildman–Crippen LogP) is 5.13. The Morgan fingerprint density at radius 2 is 1.63 bits per heavy atom. The van der Waals surface area contributed by atoms with Gasteiger partial charge in [0.2, 0.25) is 0 Å². The highest BCUT2D eigenvalue weighted by molar-refractivity contribution is 6.30. The van der Waals surface area contributed by atoms with Gasteiger partial charge in [0.25, 0.3) is 0 Å². The summed E-state index contributed by atoms with van der Waals surface area (Å²) in [5.41, 5.74) is 4.65. The van der Waals surface area contributed by atoms with Crippen molar-refractivity contribution in [3.8, 4) is 16.9 Å². The SMILES string of the molecule is Cc1ccc(-n2cc(-c3ccccc3C(=O)c3ccc(Cl)cc3)nn2)cc1. The van der Waals surface area contributed by atoms with Gasteiger partial charge in [0.1, 0.15) is 5.69 Å². The molecule has 0 saturated heterocycles. The van der Waals surface area contributed by atoms with Gasteiger partial charge in [-0.2, -0.15) is 0 Å². The van der Waals surface area contributed by atoms with Gasteiger partial charge in [0.05, 0.1) is 11.9 Å². The fourth-order valence-corrected chi connectivity index (χ4v) is 3.00. The van der Waals surface area contributed by atoms with Crippen LogP contribution in [0, 0.1) is 6.92 Å². The van der Waals surface area contributed by atoms with Crippen molar-refractivity contribution in [1.29, 1.82) is 0 Å². The van der Waals surface area contributed by atoms with Crippen LogP contribution in [0.2, 0.25) is 5.02 Å². The van der Waals surface area contributed by atoms with Gasteiger partial charge in [0, 0.05) is 21.7 Å². The van der Waals surface area contributed by atoms with Crippen LogP contribution in [0.1, 0.15) is 21.5 Å². The molecule has 0 aliphatic rings. The molecule has 0 spiro atoms. The van der Waals surface area contributed by atoms with E-state index < -0.39 is 0 Å². The summed E-state index contributed by atoms with van der Waals surface area (Å²) in [6.07, 6.45) is 1.83. The van der Waals surface area contributed by atoms with Gasteiger partial charge in [-0.25, -0.2) is 4.68 Å². The van der Waals surface area contributed by atoms with Gasteiger partial charge < -0.3 is 0 Å². The number of carbonyl (C=O) groups excluding carboxylic acids is 1. The Hall–Kier alpha value is -3.24. The molecule has 4 aromatic rings. The number of carbonyl (C=O) groups is 1. The minimum Gasteiger partial charge on any atom is -0.289 e. The highest BCUT2D eigenvalue weighted by atomic mass is 35.5.